The number of thiazole rings is 1. The minimum atomic E-state index is -4.01. The number of hydrogen-bond acceptors (Lipinski definition) is 7. The van der Waals surface area contributed by atoms with Crippen molar-refractivity contribution in [3.05, 3.63) is 47.0 Å². The van der Waals surface area contributed by atoms with Gasteiger partial charge in [-0.3, -0.25) is 14.9 Å². The number of nitrogens with zero attached hydrogens (tertiary/aromatic N) is 2. The van der Waals surface area contributed by atoms with Gasteiger partial charge in [-0.2, -0.15) is 0 Å². The van der Waals surface area contributed by atoms with E-state index in [1.165, 1.54) is 43.7 Å². The van der Waals surface area contributed by atoms with Crippen LogP contribution in [-0.2, 0) is 14.9 Å². The molecule has 0 aliphatic carbocycles. The van der Waals surface area contributed by atoms with E-state index in [9.17, 15) is 13.2 Å². The zero-order chi connectivity index (χ0) is 21.2. The fourth-order valence-electron chi connectivity index (χ4n) is 2.46. The summed E-state index contributed by atoms with van der Waals surface area (Å²) in [5.41, 5.74) is 0.835. The Morgan fingerprint density at radius 2 is 2.03 bits per heavy atom. The van der Waals surface area contributed by atoms with Crippen LogP contribution in [0.4, 0.5) is 5.13 Å². The second kappa shape index (κ2) is 8.64. The molecule has 0 bridgehead atoms. The van der Waals surface area contributed by atoms with Gasteiger partial charge in [0.1, 0.15) is 10.6 Å². The first kappa shape index (κ1) is 21.5. The first-order valence-electron chi connectivity index (χ1n) is 8.43. The second-order valence-corrected chi connectivity index (χ2v) is 9.12. The van der Waals surface area contributed by atoms with Crippen LogP contribution in [0.15, 0.2) is 41.3 Å². The molecule has 0 atom stereocenters. The van der Waals surface area contributed by atoms with Crippen molar-refractivity contribution in [3.8, 4) is 5.75 Å². The van der Waals surface area contributed by atoms with Crippen molar-refractivity contribution >= 4 is 54.2 Å². The maximum Gasteiger partial charge on any atom is 0.266 e. The highest BCUT2D eigenvalue weighted by Gasteiger charge is 2.25. The first-order chi connectivity index (χ1) is 13.8. The number of fused-ring (bicyclic) bond motifs is 1. The van der Waals surface area contributed by atoms with E-state index in [0.29, 0.717) is 16.2 Å². The van der Waals surface area contributed by atoms with Crippen LogP contribution in [0.25, 0.3) is 10.2 Å². The smallest absolute Gasteiger partial charge is 0.266 e. The molecule has 0 spiro atoms. The first-order valence-corrected chi connectivity index (χ1v) is 11.1. The maximum absolute atomic E-state index is 12.6. The van der Waals surface area contributed by atoms with Crippen LogP contribution in [0.1, 0.15) is 17.3 Å². The van der Waals surface area contributed by atoms with Crippen LogP contribution in [0, 0.1) is 0 Å². The SMILES string of the molecule is CCOc1ccc2nc(NC(=O)c3ccc(Cl)c(S(=O)(=O)N(C)OC)c3)sc2c1. The number of nitrogens with one attached hydrogen (secondary N) is 1. The third-order valence-electron chi connectivity index (χ3n) is 3.96. The quantitative estimate of drug-likeness (QED) is 0.544. The molecule has 0 fully saturated rings. The molecule has 0 aliphatic heterocycles. The lowest BCUT2D eigenvalue weighted by atomic mass is 10.2. The Bertz CT molecular complexity index is 1160. The molecule has 3 aromatic rings. The topological polar surface area (TPSA) is 97.8 Å². The summed E-state index contributed by atoms with van der Waals surface area (Å²) in [6.45, 7) is 2.45. The third-order valence-corrected chi connectivity index (χ3v) is 7.05. The zero-order valence-corrected chi connectivity index (χ0v) is 18.2. The molecule has 0 aliphatic rings. The minimum absolute atomic E-state index is 0.0195. The van der Waals surface area contributed by atoms with Crippen LogP contribution in [0.3, 0.4) is 0 Å². The molecule has 1 heterocycles. The summed E-state index contributed by atoms with van der Waals surface area (Å²) in [4.78, 5) is 21.5. The number of ether oxygens (including phenoxy) is 1. The number of anilines is 1. The Kier molecular flexibility index (Phi) is 6.39. The Morgan fingerprint density at radius 1 is 1.28 bits per heavy atom. The number of hydrogen-bond donors (Lipinski definition) is 1. The summed E-state index contributed by atoms with van der Waals surface area (Å²) in [5, 5.41) is 3.05. The van der Waals surface area contributed by atoms with Gasteiger partial charge in [-0.05, 0) is 43.3 Å². The molecule has 3 rings (SSSR count). The van der Waals surface area contributed by atoms with Crippen molar-refractivity contribution in [2.45, 2.75) is 11.8 Å². The highest BCUT2D eigenvalue weighted by Crippen LogP contribution is 2.30. The molecule has 1 aromatic heterocycles. The largest absolute Gasteiger partial charge is 0.494 e. The monoisotopic (exact) mass is 455 g/mol. The highest BCUT2D eigenvalue weighted by atomic mass is 35.5. The van der Waals surface area contributed by atoms with E-state index in [4.69, 9.17) is 21.2 Å². The summed E-state index contributed by atoms with van der Waals surface area (Å²) < 4.78 is 32.0. The lowest BCUT2D eigenvalue weighted by Gasteiger charge is -2.15. The number of halogens is 1. The van der Waals surface area contributed by atoms with E-state index in [1.807, 2.05) is 13.0 Å². The Balaban J connectivity index is 1.88. The van der Waals surface area contributed by atoms with Gasteiger partial charge < -0.3 is 4.74 Å². The molecule has 8 nitrogen and oxygen atoms in total. The fraction of sp³-hybridized carbons (Fsp3) is 0.222. The summed E-state index contributed by atoms with van der Waals surface area (Å²) in [6, 6.07) is 9.44. The molecule has 0 saturated carbocycles. The Morgan fingerprint density at radius 3 is 2.72 bits per heavy atom. The molecule has 0 saturated heterocycles. The van der Waals surface area contributed by atoms with E-state index in [-0.39, 0.29) is 15.5 Å². The predicted molar refractivity (Wildman–Crippen MR) is 112 cm³/mol. The lowest BCUT2D eigenvalue weighted by molar-refractivity contribution is -0.0258. The maximum atomic E-state index is 12.6. The number of hydroxylamine groups is 1. The van der Waals surface area contributed by atoms with Crippen LogP contribution >= 0.6 is 22.9 Å². The summed E-state index contributed by atoms with van der Waals surface area (Å²) >= 11 is 7.31. The molecule has 0 unspecified atom stereocenters. The number of rotatable bonds is 7. The molecule has 1 amide bonds. The van der Waals surface area contributed by atoms with E-state index in [0.717, 1.165) is 16.0 Å². The van der Waals surface area contributed by atoms with Gasteiger partial charge in [0.2, 0.25) is 0 Å². The van der Waals surface area contributed by atoms with E-state index in [2.05, 4.69) is 10.3 Å². The number of sulfonamides is 1. The standard InChI is InChI=1S/C18H18ClN3O5S2/c1-4-27-12-6-8-14-15(10-12)28-18(20-14)21-17(23)11-5-7-13(19)16(9-11)29(24,25)22(2)26-3/h5-10H,4H2,1-3H3,(H,20,21,23). The average Bonchev–Trinajstić information content (AvgIpc) is 3.09. The third kappa shape index (κ3) is 4.51. The van der Waals surface area contributed by atoms with Gasteiger partial charge >= 0.3 is 0 Å². The normalized spacial score (nSPS) is 11.8. The number of carbonyl (C=O) groups is 1. The summed E-state index contributed by atoms with van der Waals surface area (Å²) in [7, 11) is -1.56. The van der Waals surface area contributed by atoms with Crippen molar-refractivity contribution in [1.82, 2.24) is 9.45 Å². The number of benzene rings is 2. The van der Waals surface area contributed by atoms with Crippen molar-refractivity contribution in [1.29, 1.82) is 0 Å². The van der Waals surface area contributed by atoms with Crippen molar-refractivity contribution in [2.24, 2.45) is 0 Å². The van der Waals surface area contributed by atoms with Gasteiger partial charge in [-0.25, -0.2) is 13.4 Å². The van der Waals surface area contributed by atoms with Crippen LogP contribution in [0.2, 0.25) is 5.02 Å². The van der Waals surface area contributed by atoms with E-state index in [1.54, 1.807) is 12.1 Å². The molecule has 29 heavy (non-hydrogen) atoms. The van der Waals surface area contributed by atoms with Gasteiger partial charge in [0.15, 0.2) is 5.13 Å². The van der Waals surface area contributed by atoms with Crippen LogP contribution < -0.4 is 10.1 Å². The minimum Gasteiger partial charge on any atom is -0.494 e. The molecule has 154 valence electrons. The Labute approximate surface area is 177 Å². The lowest BCUT2D eigenvalue weighted by Crippen LogP contribution is -2.26. The van der Waals surface area contributed by atoms with Gasteiger partial charge in [0.05, 0.1) is 29.0 Å². The predicted octanol–water partition coefficient (Wildman–Crippen LogP) is 3.78. The summed E-state index contributed by atoms with van der Waals surface area (Å²) in [5.74, 6) is 0.207. The van der Waals surface area contributed by atoms with Crippen molar-refractivity contribution < 1.29 is 22.8 Å². The van der Waals surface area contributed by atoms with E-state index < -0.39 is 15.9 Å². The van der Waals surface area contributed by atoms with Gasteiger partial charge in [0, 0.05) is 12.6 Å². The number of carbonyl (C=O) groups excluding carboxylic acids is 1. The molecular weight excluding hydrogens is 438 g/mol. The highest BCUT2D eigenvalue weighted by molar-refractivity contribution is 7.89. The molecule has 2 aromatic carbocycles. The fourth-order valence-corrected chi connectivity index (χ4v) is 4.83. The van der Waals surface area contributed by atoms with Gasteiger partial charge in [0.25, 0.3) is 15.9 Å². The molecule has 1 N–H and O–H groups in total. The van der Waals surface area contributed by atoms with Gasteiger partial charge in [-0.15, -0.1) is 0 Å². The summed E-state index contributed by atoms with van der Waals surface area (Å²) in [6.07, 6.45) is 0. The molecular formula is C18H18ClN3O5S2. The second-order valence-electron chi connectivity index (χ2n) is 5.78. The van der Waals surface area contributed by atoms with Crippen LogP contribution in [0.5, 0.6) is 5.75 Å². The van der Waals surface area contributed by atoms with Crippen LogP contribution in [-0.4, -0.2) is 44.5 Å². The molecule has 11 heteroatoms. The van der Waals surface area contributed by atoms with Crippen molar-refractivity contribution in [2.75, 3.05) is 26.1 Å². The Hall–Kier alpha value is -2.24. The van der Waals surface area contributed by atoms with Crippen molar-refractivity contribution in [3.63, 3.8) is 0 Å². The zero-order valence-electron chi connectivity index (χ0n) is 15.8. The number of aromatic nitrogens is 1. The number of amides is 1. The van der Waals surface area contributed by atoms with E-state index >= 15 is 0 Å². The molecule has 0 radical (unpaired) electrons. The van der Waals surface area contributed by atoms with Gasteiger partial charge in [-0.1, -0.05) is 27.4 Å². The average molecular weight is 456 g/mol.